The Hall–Kier alpha value is -4.38. The number of rotatable bonds is 8. The smallest absolute Gasteiger partial charge is 0.319 e. The molecular formula is C30H32F2N6O3. The van der Waals surface area contributed by atoms with E-state index in [9.17, 15) is 23.5 Å². The van der Waals surface area contributed by atoms with E-state index in [4.69, 9.17) is 0 Å². The Morgan fingerprint density at radius 1 is 1.10 bits per heavy atom. The number of hydrogen-bond acceptors (Lipinski definition) is 5. The van der Waals surface area contributed by atoms with Gasteiger partial charge >= 0.3 is 6.03 Å². The number of carbonyl (C=O) groups excluding carboxylic acids is 2. The number of benzene rings is 2. The van der Waals surface area contributed by atoms with E-state index >= 15 is 0 Å². The number of aromatic nitrogens is 3. The summed E-state index contributed by atoms with van der Waals surface area (Å²) >= 11 is 0. The molecule has 0 spiro atoms. The van der Waals surface area contributed by atoms with Crippen LogP contribution < -0.4 is 10.6 Å². The molecule has 4 aromatic rings. The predicted molar refractivity (Wildman–Crippen MR) is 152 cm³/mol. The molecule has 9 nitrogen and oxygen atoms in total. The lowest BCUT2D eigenvalue weighted by Gasteiger charge is -2.26. The van der Waals surface area contributed by atoms with Crippen LogP contribution in [0.25, 0.3) is 28.0 Å². The van der Waals surface area contributed by atoms with Crippen LogP contribution in [-0.2, 0) is 4.79 Å². The predicted octanol–water partition coefficient (Wildman–Crippen LogP) is 4.93. The first-order valence-electron chi connectivity index (χ1n) is 13.5. The Bertz CT molecular complexity index is 1550. The van der Waals surface area contributed by atoms with Crippen LogP contribution in [0.3, 0.4) is 0 Å². The van der Waals surface area contributed by atoms with Gasteiger partial charge in [0, 0.05) is 30.3 Å². The van der Waals surface area contributed by atoms with Crippen molar-refractivity contribution in [1.82, 2.24) is 24.8 Å². The maximum atomic E-state index is 13.0. The normalized spacial score (nSPS) is 16.1. The van der Waals surface area contributed by atoms with E-state index in [1.807, 2.05) is 43.3 Å². The Labute approximate surface area is 236 Å². The van der Waals surface area contributed by atoms with Crippen LogP contribution in [0.15, 0.2) is 67.0 Å². The maximum absolute atomic E-state index is 13.0. The number of aliphatic hydroxyl groups excluding tert-OH is 1. The Balaban J connectivity index is 1.30. The largest absolute Gasteiger partial charge is 0.394 e. The van der Waals surface area contributed by atoms with Crippen LogP contribution in [0.4, 0.5) is 19.3 Å². The van der Waals surface area contributed by atoms with Crippen molar-refractivity contribution in [3.8, 4) is 22.4 Å². The van der Waals surface area contributed by atoms with E-state index in [0.717, 1.165) is 42.0 Å². The van der Waals surface area contributed by atoms with Crippen LogP contribution in [0.2, 0.25) is 0 Å². The van der Waals surface area contributed by atoms with Crippen molar-refractivity contribution < 1.29 is 23.5 Å². The van der Waals surface area contributed by atoms with Gasteiger partial charge in [0.2, 0.25) is 5.91 Å². The van der Waals surface area contributed by atoms with Crippen LogP contribution in [0.5, 0.6) is 0 Å². The molecule has 41 heavy (non-hydrogen) atoms. The summed E-state index contributed by atoms with van der Waals surface area (Å²) in [6.07, 6.45) is 5.16. The van der Waals surface area contributed by atoms with Crippen LogP contribution in [0, 0.1) is 0 Å². The minimum absolute atomic E-state index is 0.00929. The van der Waals surface area contributed by atoms with Gasteiger partial charge in [0.25, 0.3) is 5.92 Å². The summed E-state index contributed by atoms with van der Waals surface area (Å²) in [5.74, 6) is -3.28. The highest BCUT2D eigenvalue weighted by Crippen LogP contribution is 2.29. The lowest BCUT2D eigenvalue weighted by atomic mass is 9.96. The van der Waals surface area contributed by atoms with Gasteiger partial charge in [0.1, 0.15) is 0 Å². The number of carbonyl (C=O) groups is 2. The monoisotopic (exact) mass is 562 g/mol. The topological polar surface area (TPSA) is 112 Å². The SMILES string of the molecule is CC(C(=O)N1CCC[C@H]1CO)c1ccc(-c2cnn3c(-c4cccc(NC(=O)NCC(C)(F)F)c4)cnc3c2)cc1. The second-order valence-electron chi connectivity index (χ2n) is 10.5. The minimum atomic E-state index is -3.00. The van der Waals surface area contributed by atoms with Gasteiger partial charge in [0.05, 0.1) is 43.2 Å². The van der Waals surface area contributed by atoms with Gasteiger partial charge in [0.15, 0.2) is 5.65 Å². The maximum Gasteiger partial charge on any atom is 0.319 e. The number of nitrogens with zero attached hydrogens (tertiary/aromatic N) is 4. The molecule has 11 heteroatoms. The first-order chi connectivity index (χ1) is 19.6. The number of aliphatic hydroxyl groups is 1. The van der Waals surface area contributed by atoms with E-state index in [-0.39, 0.29) is 24.5 Å². The van der Waals surface area contributed by atoms with E-state index < -0.39 is 18.5 Å². The van der Waals surface area contributed by atoms with Crippen LogP contribution >= 0.6 is 0 Å². The summed E-state index contributed by atoms with van der Waals surface area (Å²) < 4.78 is 27.7. The van der Waals surface area contributed by atoms with Gasteiger partial charge in [-0.1, -0.05) is 36.4 Å². The Morgan fingerprint density at radius 3 is 2.61 bits per heavy atom. The fraction of sp³-hybridized carbons (Fsp3) is 0.333. The van der Waals surface area contributed by atoms with Gasteiger partial charge in [-0.05, 0) is 49.1 Å². The Morgan fingerprint density at radius 2 is 1.88 bits per heavy atom. The quantitative estimate of drug-likeness (QED) is 0.282. The summed E-state index contributed by atoms with van der Waals surface area (Å²) in [7, 11) is 0. The molecule has 1 aliphatic rings. The first kappa shape index (κ1) is 28.2. The molecule has 0 bridgehead atoms. The molecular weight excluding hydrogens is 530 g/mol. The molecule has 2 aromatic carbocycles. The number of nitrogens with one attached hydrogen (secondary N) is 2. The zero-order valence-electron chi connectivity index (χ0n) is 22.8. The number of fused-ring (bicyclic) bond motifs is 1. The van der Waals surface area contributed by atoms with Crippen molar-refractivity contribution >= 4 is 23.3 Å². The van der Waals surface area contributed by atoms with Crippen molar-refractivity contribution in [3.05, 3.63) is 72.6 Å². The van der Waals surface area contributed by atoms with Gasteiger partial charge in [-0.25, -0.2) is 23.1 Å². The van der Waals surface area contributed by atoms with Gasteiger partial charge in [-0.3, -0.25) is 4.79 Å². The lowest BCUT2D eigenvalue weighted by Crippen LogP contribution is -2.39. The summed E-state index contributed by atoms with van der Waals surface area (Å²) in [6, 6.07) is 15.9. The number of urea groups is 1. The third-order valence-corrected chi connectivity index (χ3v) is 7.32. The lowest BCUT2D eigenvalue weighted by molar-refractivity contribution is -0.134. The highest BCUT2D eigenvalue weighted by atomic mass is 19.3. The molecule has 214 valence electrons. The zero-order valence-corrected chi connectivity index (χ0v) is 22.8. The van der Waals surface area contributed by atoms with Gasteiger partial charge in [-0.15, -0.1) is 0 Å². The third-order valence-electron chi connectivity index (χ3n) is 7.32. The Kier molecular flexibility index (Phi) is 7.98. The van der Waals surface area contributed by atoms with E-state index in [1.165, 1.54) is 0 Å². The number of amides is 3. The molecule has 1 unspecified atom stereocenters. The van der Waals surface area contributed by atoms with Crippen LogP contribution in [-0.4, -0.2) is 68.2 Å². The fourth-order valence-electron chi connectivity index (χ4n) is 5.07. The fourth-order valence-corrected chi connectivity index (χ4v) is 5.07. The molecule has 5 rings (SSSR count). The molecule has 3 heterocycles. The number of anilines is 1. The van der Waals surface area contributed by atoms with E-state index in [1.54, 1.807) is 40.0 Å². The second-order valence-corrected chi connectivity index (χ2v) is 10.5. The molecule has 0 saturated carbocycles. The highest BCUT2D eigenvalue weighted by Gasteiger charge is 2.31. The number of alkyl halides is 2. The number of imidazole rings is 1. The molecule has 0 aliphatic carbocycles. The average Bonchev–Trinajstić information content (AvgIpc) is 3.62. The molecule has 1 aliphatic heterocycles. The standard InChI is InChI=1S/C30H32F2N6O3/c1-19(28(40)37-12-4-7-25(37)17-39)20-8-10-21(11-9-20)23-14-27-33-16-26(38(27)35-15-23)22-5-3-6-24(13-22)36-29(41)34-18-30(2,31)32/h3,5-6,8-11,13-16,19,25,39H,4,7,12,17-18H2,1-2H3,(H2,34,36,41)/t19?,25-/m0/s1. The minimum Gasteiger partial charge on any atom is -0.394 e. The molecule has 2 atom stereocenters. The molecule has 0 radical (unpaired) electrons. The molecule has 3 N–H and O–H groups in total. The van der Waals surface area contributed by atoms with Gasteiger partial charge < -0.3 is 20.6 Å². The average molecular weight is 563 g/mol. The van der Waals surface area contributed by atoms with Crippen molar-refractivity contribution in [3.63, 3.8) is 0 Å². The second kappa shape index (κ2) is 11.6. The number of hydrogen-bond donors (Lipinski definition) is 3. The number of halogens is 2. The van der Waals surface area contributed by atoms with Crippen molar-refractivity contribution in [2.75, 3.05) is 25.0 Å². The van der Waals surface area contributed by atoms with E-state index in [2.05, 4.69) is 20.7 Å². The number of likely N-dealkylation sites (tertiary alicyclic amines) is 1. The molecule has 2 aromatic heterocycles. The third kappa shape index (κ3) is 6.35. The summed E-state index contributed by atoms with van der Waals surface area (Å²) in [5, 5.41) is 18.9. The summed E-state index contributed by atoms with van der Waals surface area (Å²) in [6.45, 7) is 2.54. The molecule has 1 fully saturated rings. The van der Waals surface area contributed by atoms with Crippen molar-refractivity contribution in [2.45, 2.75) is 44.6 Å². The zero-order chi connectivity index (χ0) is 29.1. The summed E-state index contributed by atoms with van der Waals surface area (Å²) in [4.78, 5) is 31.3. The van der Waals surface area contributed by atoms with Crippen molar-refractivity contribution in [1.29, 1.82) is 0 Å². The first-order valence-corrected chi connectivity index (χ1v) is 13.5. The molecule has 3 amide bonds. The summed E-state index contributed by atoms with van der Waals surface area (Å²) in [5.41, 5.74) is 5.19. The highest BCUT2D eigenvalue weighted by molar-refractivity contribution is 5.90. The van der Waals surface area contributed by atoms with E-state index in [0.29, 0.717) is 23.6 Å². The van der Waals surface area contributed by atoms with Gasteiger partial charge in [-0.2, -0.15) is 5.10 Å². The molecule has 1 saturated heterocycles. The van der Waals surface area contributed by atoms with Crippen molar-refractivity contribution in [2.24, 2.45) is 0 Å². The van der Waals surface area contributed by atoms with Crippen LogP contribution in [0.1, 0.15) is 38.2 Å².